The van der Waals surface area contributed by atoms with Crippen LogP contribution in [0.25, 0.3) is 0 Å². The first kappa shape index (κ1) is 13.4. The Morgan fingerprint density at radius 2 is 1.56 bits per heavy atom. The second kappa shape index (κ2) is 4.30. The fourth-order valence-electron chi connectivity index (χ4n) is 0.919. The van der Waals surface area contributed by atoms with Gasteiger partial charge < -0.3 is 4.74 Å². The number of halogens is 7. The molecule has 8 heteroatoms. The summed E-state index contributed by atoms with van der Waals surface area (Å²) in [7, 11) is 0. The number of ether oxygens (including phenoxy) is 1. The lowest BCUT2D eigenvalue weighted by molar-refractivity contribution is -0.274. The fourth-order valence-corrected chi connectivity index (χ4v) is 1.56. The third-order valence-electron chi connectivity index (χ3n) is 1.48. The predicted molar refractivity (Wildman–Crippen MR) is 50.8 cm³/mol. The van der Waals surface area contributed by atoms with Gasteiger partial charge in [-0.2, -0.15) is 13.2 Å². The van der Waals surface area contributed by atoms with Crippen molar-refractivity contribution < 1.29 is 31.1 Å². The summed E-state index contributed by atoms with van der Waals surface area (Å²) < 4.78 is 75.4. The first-order valence-corrected chi connectivity index (χ1v) is 4.80. The summed E-state index contributed by atoms with van der Waals surface area (Å²) in [6, 6.07) is 2.05. The van der Waals surface area contributed by atoms with Crippen molar-refractivity contribution in [3.05, 3.63) is 27.3 Å². The van der Waals surface area contributed by atoms with Crippen LogP contribution in [-0.4, -0.2) is 6.36 Å². The molecule has 0 aromatic heterocycles. The molecule has 1 aromatic rings. The molecule has 1 rings (SSSR count). The summed E-state index contributed by atoms with van der Waals surface area (Å²) in [6.07, 6.45) is -9.71. The van der Waals surface area contributed by atoms with Crippen LogP contribution in [-0.2, 0) is 6.18 Å². The quantitative estimate of drug-likeness (QED) is 0.541. The number of alkyl halides is 6. The van der Waals surface area contributed by atoms with Crippen LogP contribution in [0, 0.1) is 3.57 Å². The zero-order valence-electron chi connectivity index (χ0n) is 7.29. The van der Waals surface area contributed by atoms with E-state index in [4.69, 9.17) is 0 Å². The van der Waals surface area contributed by atoms with Crippen LogP contribution in [0.5, 0.6) is 5.75 Å². The van der Waals surface area contributed by atoms with Crippen molar-refractivity contribution in [2.75, 3.05) is 0 Å². The van der Waals surface area contributed by atoms with E-state index < -0.39 is 23.9 Å². The van der Waals surface area contributed by atoms with E-state index >= 15 is 0 Å². The van der Waals surface area contributed by atoms with Crippen molar-refractivity contribution in [1.29, 1.82) is 0 Å². The molecule has 0 radical (unpaired) electrons. The van der Waals surface area contributed by atoms with Gasteiger partial charge in [0.25, 0.3) is 0 Å². The average molecular weight is 356 g/mol. The molecule has 0 saturated carbocycles. The maximum absolute atomic E-state index is 12.3. The van der Waals surface area contributed by atoms with Crippen LogP contribution in [0.1, 0.15) is 5.56 Å². The van der Waals surface area contributed by atoms with Crippen LogP contribution in [0.3, 0.4) is 0 Å². The van der Waals surface area contributed by atoms with E-state index in [1.54, 1.807) is 0 Å². The number of rotatable bonds is 1. The SMILES string of the molecule is FC(F)(F)Oc1ccc(I)c(C(F)(F)F)c1. The van der Waals surface area contributed by atoms with Crippen LogP contribution < -0.4 is 4.74 Å². The summed E-state index contributed by atoms with van der Waals surface area (Å²) >= 11 is 1.38. The molecule has 90 valence electrons. The van der Waals surface area contributed by atoms with E-state index in [-0.39, 0.29) is 3.57 Å². The minimum Gasteiger partial charge on any atom is -0.406 e. The summed E-state index contributed by atoms with van der Waals surface area (Å²) in [5.74, 6) is -0.889. The van der Waals surface area contributed by atoms with Gasteiger partial charge in [0, 0.05) is 3.57 Å². The first-order chi connectivity index (χ1) is 7.09. The predicted octanol–water partition coefficient (Wildman–Crippen LogP) is 4.21. The van der Waals surface area contributed by atoms with E-state index in [1.807, 2.05) is 0 Å². The highest BCUT2D eigenvalue weighted by Gasteiger charge is 2.35. The average Bonchev–Trinajstić information content (AvgIpc) is 2.04. The van der Waals surface area contributed by atoms with Crippen molar-refractivity contribution in [2.24, 2.45) is 0 Å². The van der Waals surface area contributed by atoms with E-state index in [2.05, 4.69) is 4.74 Å². The van der Waals surface area contributed by atoms with Crippen LogP contribution in [0.15, 0.2) is 18.2 Å². The van der Waals surface area contributed by atoms with Gasteiger partial charge in [0.05, 0.1) is 5.56 Å². The molecular weight excluding hydrogens is 353 g/mol. The van der Waals surface area contributed by atoms with Gasteiger partial charge in [0.2, 0.25) is 0 Å². The third kappa shape index (κ3) is 3.72. The fraction of sp³-hybridized carbons (Fsp3) is 0.250. The highest BCUT2D eigenvalue weighted by atomic mass is 127. The molecule has 0 heterocycles. The molecule has 1 aromatic carbocycles. The monoisotopic (exact) mass is 356 g/mol. The number of hydrogen-bond acceptors (Lipinski definition) is 1. The van der Waals surface area contributed by atoms with Gasteiger partial charge in [-0.15, -0.1) is 13.2 Å². The lowest BCUT2D eigenvalue weighted by Crippen LogP contribution is -2.18. The van der Waals surface area contributed by atoms with Gasteiger partial charge in [0.15, 0.2) is 0 Å². The Balaban J connectivity index is 3.09. The minimum atomic E-state index is -5.00. The molecule has 0 bridgehead atoms. The summed E-state index contributed by atoms with van der Waals surface area (Å²) in [5, 5.41) is 0. The topological polar surface area (TPSA) is 9.23 Å². The zero-order valence-corrected chi connectivity index (χ0v) is 9.44. The van der Waals surface area contributed by atoms with Crippen LogP contribution in [0.4, 0.5) is 26.3 Å². The normalized spacial score (nSPS) is 12.7. The van der Waals surface area contributed by atoms with Gasteiger partial charge in [-0.05, 0) is 40.8 Å². The van der Waals surface area contributed by atoms with Crippen LogP contribution in [0.2, 0.25) is 0 Å². The molecule has 0 spiro atoms. The molecule has 0 amide bonds. The molecular formula is C8H3F6IO. The molecule has 0 N–H and O–H groups in total. The maximum Gasteiger partial charge on any atom is 0.573 e. The highest BCUT2D eigenvalue weighted by Crippen LogP contribution is 2.36. The maximum atomic E-state index is 12.3. The van der Waals surface area contributed by atoms with Crippen molar-refractivity contribution in [2.45, 2.75) is 12.5 Å². The third-order valence-corrected chi connectivity index (χ3v) is 2.42. The van der Waals surface area contributed by atoms with E-state index in [0.29, 0.717) is 6.07 Å². The molecule has 0 aliphatic heterocycles. The van der Waals surface area contributed by atoms with Crippen molar-refractivity contribution in [3.8, 4) is 5.75 Å². The standard InChI is InChI=1S/C8H3F6IO/c9-7(10,11)5-3-4(1-2-6(5)15)16-8(12,13)14/h1-3H. The van der Waals surface area contributed by atoms with Gasteiger partial charge in [0.1, 0.15) is 5.75 Å². The van der Waals surface area contributed by atoms with E-state index in [0.717, 1.165) is 12.1 Å². The lowest BCUT2D eigenvalue weighted by Gasteiger charge is -2.13. The Morgan fingerprint density at radius 1 is 1.00 bits per heavy atom. The largest absolute Gasteiger partial charge is 0.573 e. The van der Waals surface area contributed by atoms with E-state index in [1.165, 1.54) is 22.6 Å². The molecule has 16 heavy (non-hydrogen) atoms. The molecule has 0 fully saturated rings. The van der Waals surface area contributed by atoms with Gasteiger partial charge in [-0.25, -0.2) is 0 Å². The zero-order chi connectivity index (χ0) is 12.6. The molecule has 0 unspecified atom stereocenters. The molecule has 0 saturated heterocycles. The highest BCUT2D eigenvalue weighted by molar-refractivity contribution is 14.1. The Morgan fingerprint density at radius 3 is 2.00 bits per heavy atom. The van der Waals surface area contributed by atoms with Crippen molar-refractivity contribution >= 4 is 22.6 Å². The molecule has 0 aliphatic rings. The summed E-state index contributed by atoms with van der Waals surface area (Å²) in [4.78, 5) is 0. The Hall–Kier alpha value is -0.670. The molecule has 0 aliphatic carbocycles. The number of benzene rings is 1. The first-order valence-electron chi connectivity index (χ1n) is 3.72. The molecule has 1 nitrogen and oxygen atoms in total. The van der Waals surface area contributed by atoms with E-state index in [9.17, 15) is 26.3 Å². The van der Waals surface area contributed by atoms with Crippen molar-refractivity contribution in [1.82, 2.24) is 0 Å². The van der Waals surface area contributed by atoms with Gasteiger partial charge in [-0.1, -0.05) is 0 Å². The van der Waals surface area contributed by atoms with Crippen molar-refractivity contribution in [3.63, 3.8) is 0 Å². The number of hydrogen-bond donors (Lipinski definition) is 0. The Bertz CT molecular complexity index is 383. The molecule has 0 atom stereocenters. The Kier molecular flexibility index (Phi) is 3.60. The second-order valence-electron chi connectivity index (χ2n) is 2.69. The summed E-state index contributed by atoms with van der Waals surface area (Å²) in [6.45, 7) is 0. The summed E-state index contributed by atoms with van der Waals surface area (Å²) in [5.41, 5.74) is -1.16. The van der Waals surface area contributed by atoms with Gasteiger partial charge in [-0.3, -0.25) is 0 Å². The van der Waals surface area contributed by atoms with Crippen LogP contribution >= 0.6 is 22.6 Å². The van der Waals surface area contributed by atoms with Gasteiger partial charge >= 0.3 is 12.5 Å². The lowest BCUT2D eigenvalue weighted by atomic mass is 10.2. The smallest absolute Gasteiger partial charge is 0.406 e. The minimum absolute atomic E-state index is 0.195. The second-order valence-corrected chi connectivity index (χ2v) is 3.85. The Labute approximate surface area is 99.5 Å².